The Balaban J connectivity index is 1.57. The van der Waals surface area contributed by atoms with Gasteiger partial charge in [0.05, 0.1) is 17.7 Å². The Kier molecular flexibility index (Phi) is 8.08. The summed E-state index contributed by atoms with van der Waals surface area (Å²) in [5, 5.41) is 7.11. The lowest BCUT2D eigenvalue weighted by atomic mass is 9.92. The molecule has 0 bridgehead atoms. The number of para-hydroxylation sites is 1. The fraction of sp³-hybridized carbons (Fsp3) is 0.321. The van der Waals surface area contributed by atoms with Gasteiger partial charge >= 0.3 is 0 Å². The van der Waals surface area contributed by atoms with Gasteiger partial charge < -0.3 is 10.1 Å². The molecule has 0 atom stereocenters. The second-order valence-electron chi connectivity index (χ2n) is 8.92. The van der Waals surface area contributed by atoms with Gasteiger partial charge in [-0.25, -0.2) is 9.97 Å². The SMILES string of the molecule is CCOc1ccc(-c2csc3ncnc(SCC(=O)Nc4c(C(C)C)cccc4C(C)C)c23)cc1. The molecule has 2 aromatic carbocycles. The third kappa shape index (κ3) is 5.68. The summed E-state index contributed by atoms with van der Waals surface area (Å²) in [6.07, 6.45) is 1.58. The van der Waals surface area contributed by atoms with Crippen molar-refractivity contribution in [2.75, 3.05) is 17.7 Å². The Morgan fingerprint density at radius 1 is 1.03 bits per heavy atom. The molecule has 1 N–H and O–H groups in total. The van der Waals surface area contributed by atoms with Crippen molar-refractivity contribution >= 4 is 44.9 Å². The predicted molar refractivity (Wildman–Crippen MR) is 148 cm³/mol. The van der Waals surface area contributed by atoms with Crippen molar-refractivity contribution in [3.8, 4) is 16.9 Å². The average Bonchev–Trinajstić information content (AvgIpc) is 3.28. The Morgan fingerprint density at radius 3 is 2.34 bits per heavy atom. The maximum atomic E-state index is 13.1. The van der Waals surface area contributed by atoms with Crippen LogP contribution in [0, 0.1) is 0 Å². The molecule has 0 fully saturated rings. The van der Waals surface area contributed by atoms with Crippen LogP contribution in [-0.2, 0) is 4.79 Å². The van der Waals surface area contributed by atoms with Crippen LogP contribution in [0.3, 0.4) is 0 Å². The number of carbonyl (C=O) groups is 1. The summed E-state index contributed by atoms with van der Waals surface area (Å²) in [7, 11) is 0. The number of ether oxygens (including phenoxy) is 1. The second-order valence-corrected chi connectivity index (χ2v) is 10.7. The highest BCUT2D eigenvalue weighted by Gasteiger charge is 2.18. The van der Waals surface area contributed by atoms with E-state index in [0.29, 0.717) is 18.4 Å². The van der Waals surface area contributed by atoms with Gasteiger partial charge in [-0.3, -0.25) is 4.79 Å². The summed E-state index contributed by atoms with van der Waals surface area (Å²) in [4.78, 5) is 23.0. The van der Waals surface area contributed by atoms with Gasteiger partial charge in [-0.05, 0) is 47.6 Å². The highest BCUT2D eigenvalue weighted by atomic mass is 32.2. The minimum atomic E-state index is -0.0328. The number of nitrogens with one attached hydrogen (secondary N) is 1. The van der Waals surface area contributed by atoms with Crippen molar-refractivity contribution in [1.29, 1.82) is 0 Å². The first-order valence-corrected chi connectivity index (χ1v) is 13.8. The fourth-order valence-corrected chi connectivity index (χ4v) is 5.86. The van der Waals surface area contributed by atoms with Crippen LogP contribution in [-0.4, -0.2) is 28.2 Å². The zero-order valence-electron chi connectivity index (χ0n) is 20.8. The number of amides is 1. The number of rotatable bonds is 9. The maximum Gasteiger partial charge on any atom is 0.234 e. The summed E-state index contributed by atoms with van der Waals surface area (Å²) < 4.78 is 5.58. The third-order valence-electron chi connectivity index (χ3n) is 5.79. The summed E-state index contributed by atoms with van der Waals surface area (Å²) in [6, 6.07) is 14.3. The van der Waals surface area contributed by atoms with E-state index in [1.807, 2.05) is 19.1 Å². The third-order valence-corrected chi connectivity index (χ3v) is 7.66. The standard InChI is InChI=1S/C28H31N3O2S2/c1-6-33-20-12-10-19(11-13-20)23-14-34-27-25(23)28(30-16-29-27)35-15-24(32)31-26-21(17(2)3)8-7-9-22(26)18(4)5/h7-14,16-18H,6,15H2,1-5H3,(H,31,32). The number of nitrogens with zero attached hydrogens (tertiary/aromatic N) is 2. The molecule has 4 aromatic rings. The molecule has 5 nitrogen and oxygen atoms in total. The van der Waals surface area contributed by atoms with Crippen molar-refractivity contribution in [3.05, 3.63) is 65.3 Å². The zero-order chi connectivity index (χ0) is 24.9. The van der Waals surface area contributed by atoms with E-state index < -0.39 is 0 Å². The van der Waals surface area contributed by atoms with Crippen molar-refractivity contribution in [2.45, 2.75) is 51.5 Å². The van der Waals surface area contributed by atoms with Gasteiger partial charge in [0.15, 0.2) is 0 Å². The number of thioether (sulfide) groups is 1. The number of aromatic nitrogens is 2. The number of carbonyl (C=O) groups excluding carboxylic acids is 1. The number of hydrogen-bond donors (Lipinski definition) is 1. The summed E-state index contributed by atoms with van der Waals surface area (Å²) in [5.41, 5.74) is 5.42. The molecule has 0 saturated heterocycles. The number of hydrogen-bond acceptors (Lipinski definition) is 6. The van der Waals surface area contributed by atoms with Crippen LogP contribution in [0.5, 0.6) is 5.75 Å². The van der Waals surface area contributed by atoms with Crippen LogP contribution in [0.1, 0.15) is 57.6 Å². The van der Waals surface area contributed by atoms with E-state index in [4.69, 9.17) is 4.74 Å². The lowest BCUT2D eigenvalue weighted by molar-refractivity contribution is -0.113. The smallest absolute Gasteiger partial charge is 0.234 e. The Hall–Kier alpha value is -2.90. The van der Waals surface area contributed by atoms with Crippen molar-refractivity contribution in [2.24, 2.45) is 0 Å². The first-order valence-electron chi connectivity index (χ1n) is 11.9. The van der Waals surface area contributed by atoms with Gasteiger partial charge in [-0.15, -0.1) is 11.3 Å². The van der Waals surface area contributed by atoms with Crippen molar-refractivity contribution in [3.63, 3.8) is 0 Å². The molecule has 0 aliphatic rings. The number of thiophene rings is 1. The molecule has 7 heteroatoms. The van der Waals surface area contributed by atoms with Gasteiger partial charge in [0.2, 0.25) is 5.91 Å². The molecule has 4 rings (SSSR count). The quantitative estimate of drug-likeness (QED) is 0.186. The molecule has 0 aliphatic carbocycles. The van der Waals surface area contributed by atoms with E-state index in [2.05, 4.69) is 78.7 Å². The van der Waals surface area contributed by atoms with Crippen LogP contribution < -0.4 is 10.1 Å². The van der Waals surface area contributed by atoms with Gasteiger partial charge in [-0.2, -0.15) is 0 Å². The van der Waals surface area contributed by atoms with Gasteiger partial charge in [0.25, 0.3) is 0 Å². The maximum absolute atomic E-state index is 13.1. The summed E-state index contributed by atoms with van der Waals surface area (Å²) >= 11 is 3.04. The van der Waals surface area contributed by atoms with Crippen LogP contribution in [0.2, 0.25) is 0 Å². The molecule has 182 valence electrons. The normalized spacial score (nSPS) is 11.4. The molecule has 2 aromatic heterocycles. The van der Waals surface area contributed by atoms with Crippen LogP contribution >= 0.6 is 23.1 Å². The molecular weight excluding hydrogens is 474 g/mol. The zero-order valence-corrected chi connectivity index (χ0v) is 22.4. The van der Waals surface area contributed by atoms with E-state index in [1.54, 1.807) is 17.7 Å². The Labute approximate surface area is 215 Å². The number of anilines is 1. The summed E-state index contributed by atoms with van der Waals surface area (Å²) in [5.74, 6) is 1.73. The van der Waals surface area contributed by atoms with E-state index in [-0.39, 0.29) is 11.7 Å². The van der Waals surface area contributed by atoms with Gasteiger partial charge in [-0.1, -0.05) is 69.8 Å². The first-order chi connectivity index (χ1) is 16.9. The topological polar surface area (TPSA) is 64.1 Å². The number of fused-ring (bicyclic) bond motifs is 1. The van der Waals surface area contributed by atoms with Crippen molar-refractivity contribution in [1.82, 2.24) is 9.97 Å². The molecule has 2 heterocycles. The van der Waals surface area contributed by atoms with Crippen LogP contribution in [0.4, 0.5) is 5.69 Å². The Morgan fingerprint density at radius 2 is 1.71 bits per heavy atom. The predicted octanol–water partition coefficient (Wildman–Crippen LogP) is 7.73. The van der Waals surface area contributed by atoms with Gasteiger partial charge in [0, 0.05) is 16.6 Å². The molecule has 35 heavy (non-hydrogen) atoms. The van der Waals surface area contributed by atoms with E-state index in [9.17, 15) is 4.79 Å². The lowest BCUT2D eigenvalue weighted by Crippen LogP contribution is -2.17. The molecule has 0 aliphatic heterocycles. The molecule has 0 radical (unpaired) electrons. The van der Waals surface area contributed by atoms with E-state index in [1.165, 1.54) is 11.8 Å². The van der Waals surface area contributed by atoms with Crippen LogP contribution in [0.15, 0.2) is 59.2 Å². The monoisotopic (exact) mass is 505 g/mol. The second kappa shape index (κ2) is 11.2. The van der Waals surface area contributed by atoms with Gasteiger partial charge in [0.1, 0.15) is 21.9 Å². The van der Waals surface area contributed by atoms with E-state index in [0.717, 1.165) is 48.9 Å². The average molecular weight is 506 g/mol. The first kappa shape index (κ1) is 25.2. The van der Waals surface area contributed by atoms with Crippen molar-refractivity contribution < 1.29 is 9.53 Å². The summed E-state index contributed by atoms with van der Waals surface area (Å²) in [6.45, 7) is 11.2. The highest BCUT2D eigenvalue weighted by Crippen LogP contribution is 2.38. The van der Waals surface area contributed by atoms with E-state index >= 15 is 0 Å². The molecule has 0 unspecified atom stereocenters. The highest BCUT2D eigenvalue weighted by molar-refractivity contribution is 8.00. The Bertz CT molecular complexity index is 1290. The van der Waals surface area contributed by atoms with Crippen LogP contribution in [0.25, 0.3) is 21.3 Å². The number of benzene rings is 2. The fourth-order valence-electron chi connectivity index (χ4n) is 4.07. The molecule has 1 amide bonds. The molecular formula is C28H31N3O2S2. The largest absolute Gasteiger partial charge is 0.494 e. The molecule has 0 saturated carbocycles. The lowest BCUT2D eigenvalue weighted by Gasteiger charge is -2.20. The minimum Gasteiger partial charge on any atom is -0.494 e. The molecule has 0 spiro atoms. The minimum absolute atomic E-state index is 0.0328.